The number of benzene rings is 1. The molecule has 1 amide bonds. The summed E-state index contributed by atoms with van der Waals surface area (Å²) in [5.74, 6) is 0.963. The van der Waals surface area contributed by atoms with E-state index in [2.05, 4.69) is 16.8 Å². The first-order chi connectivity index (χ1) is 11.1. The molecule has 0 aliphatic carbocycles. The molecule has 23 heavy (non-hydrogen) atoms. The first-order valence-electron chi connectivity index (χ1n) is 8.78. The van der Waals surface area contributed by atoms with Crippen molar-refractivity contribution in [3.8, 4) is 5.75 Å². The summed E-state index contributed by atoms with van der Waals surface area (Å²) in [6, 6.07) is 7.88. The molecule has 0 bridgehead atoms. The third kappa shape index (κ3) is 3.52. The van der Waals surface area contributed by atoms with Gasteiger partial charge in [-0.2, -0.15) is 0 Å². The smallest absolute Gasteiger partial charge is 0.260 e. The monoisotopic (exact) mass is 316 g/mol. The van der Waals surface area contributed by atoms with E-state index in [0.29, 0.717) is 0 Å². The number of hydrogen-bond donors (Lipinski definition) is 0. The maximum atomic E-state index is 12.8. The lowest BCUT2D eigenvalue weighted by molar-refractivity contribution is -0.138. The average molecular weight is 316 g/mol. The number of carbonyl (C=O) groups excluding carboxylic acids is 1. The van der Waals surface area contributed by atoms with Crippen molar-refractivity contribution in [2.45, 2.75) is 44.6 Å². The zero-order chi connectivity index (χ0) is 16.3. The van der Waals surface area contributed by atoms with Gasteiger partial charge in [-0.15, -0.1) is 0 Å². The number of para-hydroxylation sites is 1. The topological polar surface area (TPSA) is 32.8 Å². The molecule has 1 atom stereocenters. The highest BCUT2D eigenvalue weighted by Gasteiger charge is 2.43. The Kier molecular flexibility index (Phi) is 4.90. The van der Waals surface area contributed by atoms with Crippen LogP contribution in [0.4, 0.5) is 0 Å². The van der Waals surface area contributed by atoms with Crippen LogP contribution in [0.1, 0.15) is 37.7 Å². The van der Waals surface area contributed by atoms with Gasteiger partial charge >= 0.3 is 0 Å². The van der Waals surface area contributed by atoms with Gasteiger partial charge in [0.2, 0.25) is 0 Å². The fourth-order valence-electron chi connectivity index (χ4n) is 4.10. The Labute approximate surface area is 139 Å². The largest absolute Gasteiger partial charge is 0.484 e. The highest BCUT2D eigenvalue weighted by molar-refractivity contribution is 5.79. The van der Waals surface area contributed by atoms with Gasteiger partial charge in [0, 0.05) is 18.6 Å². The van der Waals surface area contributed by atoms with E-state index in [1.165, 1.54) is 6.42 Å². The van der Waals surface area contributed by atoms with Crippen LogP contribution >= 0.6 is 0 Å². The number of rotatable bonds is 3. The average Bonchev–Trinajstić information content (AvgIpc) is 2.86. The number of hydrogen-bond acceptors (Lipinski definition) is 3. The Morgan fingerprint density at radius 2 is 1.87 bits per heavy atom. The molecule has 2 fully saturated rings. The third-order valence-corrected chi connectivity index (χ3v) is 5.48. The molecule has 0 aromatic heterocycles. The highest BCUT2D eigenvalue weighted by Crippen LogP contribution is 2.38. The first kappa shape index (κ1) is 16.3. The Bertz CT molecular complexity index is 560. The van der Waals surface area contributed by atoms with Crippen LogP contribution in [-0.2, 0) is 4.79 Å². The summed E-state index contributed by atoms with van der Waals surface area (Å²) in [6.07, 6.45) is 5.68. The lowest BCUT2D eigenvalue weighted by Gasteiger charge is -2.38. The van der Waals surface area contributed by atoms with Crippen molar-refractivity contribution in [1.29, 1.82) is 0 Å². The number of amides is 1. The summed E-state index contributed by atoms with van der Waals surface area (Å²) in [5, 5.41) is 0. The van der Waals surface area contributed by atoms with E-state index in [9.17, 15) is 4.79 Å². The molecule has 3 rings (SSSR count). The van der Waals surface area contributed by atoms with Crippen molar-refractivity contribution in [1.82, 2.24) is 9.80 Å². The predicted molar refractivity (Wildman–Crippen MR) is 91.7 cm³/mol. The fourth-order valence-corrected chi connectivity index (χ4v) is 4.10. The van der Waals surface area contributed by atoms with Crippen molar-refractivity contribution in [3.63, 3.8) is 0 Å². The van der Waals surface area contributed by atoms with Crippen molar-refractivity contribution < 1.29 is 9.53 Å². The van der Waals surface area contributed by atoms with Crippen LogP contribution in [0.25, 0.3) is 0 Å². The van der Waals surface area contributed by atoms with E-state index in [0.717, 1.165) is 56.6 Å². The van der Waals surface area contributed by atoms with Gasteiger partial charge in [-0.3, -0.25) is 4.79 Å². The zero-order valence-corrected chi connectivity index (χ0v) is 14.4. The summed E-state index contributed by atoms with van der Waals surface area (Å²) in [5.41, 5.74) is 1.16. The fraction of sp³-hybridized carbons (Fsp3) is 0.632. The molecule has 2 aliphatic rings. The van der Waals surface area contributed by atoms with Crippen LogP contribution in [0.3, 0.4) is 0 Å². The molecule has 2 aliphatic heterocycles. The molecule has 2 saturated heterocycles. The third-order valence-electron chi connectivity index (χ3n) is 5.48. The Balaban J connectivity index is 1.65. The highest BCUT2D eigenvalue weighted by atomic mass is 16.5. The lowest BCUT2D eigenvalue weighted by Crippen LogP contribution is -2.49. The second-order valence-corrected chi connectivity index (χ2v) is 7.08. The van der Waals surface area contributed by atoms with Gasteiger partial charge in [0.05, 0.1) is 0 Å². The normalized spacial score (nSPS) is 25.6. The van der Waals surface area contributed by atoms with E-state index < -0.39 is 0 Å². The molecule has 126 valence electrons. The molecule has 0 radical (unpaired) electrons. The molecule has 0 unspecified atom stereocenters. The van der Waals surface area contributed by atoms with Gasteiger partial charge in [-0.05, 0) is 64.3 Å². The minimum atomic E-state index is 0.0803. The Morgan fingerprint density at radius 1 is 1.13 bits per heavy atom. The summed E-state index contributed by atoms with van der Waals surface area (Å²) in [7, 11) is 2.18. The van der Waals surface area contributed by atoms with Crippen LogP contribution in [0, 0.1) is 6.92 Å². The zero-order valence-electron chi connectivity index (χ0n) is 14.4. The number of carbonyl (C=O) groups is 1. The number of nitrogens with zero attached hydrogens (tertiary/aromatic N) is 2. The molecule has 0 saturated carbocycles. The van der Waals surface area contributed by atoms with Crippen molar-refractivity contribution in [2.75, 3.05) is 33.3 Å². The number of ether oxygens (including phenoxy) is 1. The lowest BCUT2D eigenvalue weighted by atomic mass is 9.87. The first-order valence-corrected chi connectivity index (χ1v) is 8.78. The predicted octanol–water partition coefficient (Wildman–Crippen LogP) is 2.85. The van der Waals surface area contributed by atoms with Crippen LogP contribution in [-0.4, -0.2) is 54.5 Å². The molecule has 1 aromatic carbocycles. The van der Waals surface area contributed by atoms with Gasteiger partial charge in [0.1, 0.15) is 5.75 Å². The minimum absolute atomic E-state index is 0.0803. The number of likely N-dealkylation sites (tertiary alicyclic amines) is 2. The van der Waals surface area contributed by atoms with E-state index in [-0.39, 0.29) is 18.1 Å². The van der Waals surface area contributed by atoms with Crippen molar-refractivity contribution in [3.05, 3.63) is 29.8 Å². The van der Waals surface area contributed by atoms with E-state index >= 15 is 0 Å². The van der Waals surface area contributed by atoms with Gasteiger partial charge in [-0.25, -0.2) is 0 Å². The quantitative estimate of drug-likeness (QED) is 0.859. The molecular weight excluding hydrogens is 288 g/mol. The van der Waals surface area contributed by atoms with Crippen LogP contribution in [0.2, 0.25) is 0 Å². The van der Waals surface area contributed by atoms with Crippen LogP contribution < -0.4 is 4.74 Å². The summed E-state index contributed by atoms with van der Waals surface area (Å²) in [6.45, 7) is 5.28. The summed E-state index contributed by atoms with van der Waals surface area (Å²) >= 11 is 0. The SMILES string of the molecule is Cc1ccccc1OCC(=O)N1CCC[C@@]12CCCN(C)CC2. The molecule has 0 N–H and O–H groups in total. The van der Waals surface area contributed by atoms with Gasteiger partial charge in [0.15, 0.2) is 6.61 Å². The Morgan fingerprint density at radius 3 is 2.65 bits per heavy atom. The molecule has 2 heterocycles. The van der Waals surface area contributed by atoms with Crippen LogP contribution in [0.5, 0.6) is 5.75 Å². The maximum absolute atomic E-state index is 12.8. The summed E-state index contributed by atoms with van der Waals surface area (Å²) < 4.78 is 5.80. The molecule has 1 aromatic rings. The van der Waals surface area contributed by atoms with Crippen molar-refractivity contribution in [2.24, 2.45) is 0 Å². The Hall–Kier alpha value is -1.55. The molecular formula is C19H28N2O2. The second kappa shape index (κ2) is 6.91. The van der Waals surface area contributed by atoms with Gasteiger partial charge < -0.3 is 14.5 Å². The van der Waals surface area contributed by atoms with Gasteiger partial charge in [0.25, 0.3) is 5.91 Å². The second-order valence-electron chi connectivity index (χ2n) is 7.08. The maximum Gasteiger partial charge on any atom is 0.260 e. The molecule has 4 heteroatoms. The van der Waals surface area contributed by atoms with E-state index in [1.807, 2.05) is 31.2 Å². The van der Waals surface area contributed by atoms with E-state index in [4.69, 9.17) is 4.74 Å². The number of aryl methyl sites for hydroxylation is 1. The standard InChI is InChI=1S/C19H28N2O2/c1-16-7-3-4-8-17(16)23-15-18(22)21-13-6-10-19(21)9-5-12-20(2)14-11-19/h3-4,7-8H,5-6,9-15H2,1-2H3/t19-/m1/s1. The van der Waals surface area contributed by atoms with E-state index in [1.54, 1.807) is 0 Å². The molecule has 4 nitrogen and oxygen atoms in total. The minimum Gasteiger partial charge on any atom is -0.484 e. The van der Waals surface area contributed by atoms with Crippen LogP contribution in [0.15, 0.2) is 24.3 Å². The van der Waals surface area contributed by atoms with Gasteiger partial charge in [-0.1, -0.05) is 18.2 Å². The summed E-state index contributed by atoms with van der Waals surface area (Å²) in [4.78, 5) is 17.3. The molecule has 1 spiro atoms. The van der Waals surface area contributed by atoms with Crippen molar-refractivity contribution >= 4 is 5.91 Å².